The third-order valence-corrected chi connectivity index (χ3v) is 4.75. The molecule has 6 nitrogen and oxygen atoms in total. The summed E-state index contributed by atoms with van der Waals surface area (Å²) in [6, 6.07) is 1.45. The average molecular weight is 295 g/mol. The molecule has 1 aromatic rings. The molecule has 0 spiro atoms. The molecule has 0 saturated carbocycles. The van der Waals surface area contributed by atoms with Gasteiger partial charge in [-0.1, -0.05) is 6.92 Å². The number of rotatable bonds is 3. The Morgan fingerprint density at radius 1 is 1.56 bits per heavy atom. The molecule has 2 heterocycles. The Bertz CT molecular complexity index is 488. The summed E-state index contributed by atoms with van der Waals surface area (Å²) in [4.78, 5) is 0. The van der Waals surface area contributed by atoms with Gasteiger partial charge in [-0.25, -0.2) is 13.1 Å². The fraction of sp³-hybridized carbons (Fsp3) is 0.700. The van der Waals surface area contributed by atoms with Crippen molar-refractivity contribution in [1.82, 2.24) is 19.8 Å². The van der Waals surface area contributed by atoms with Crippen molar-refractivity contribution in [2.75, 3.05) is 13.1 Å². The van der Waals surface area contributed by atoms with Crippen LogP contribution in [0, 0.1) is 5.92 Å². The van der Waals surface area contributed by atoms with Gasteiger partial charge in [0, 0.05) is 19.6 Å². The second-order valence-corrected chi connectivity index (χ2v) is 6.15. The first-order chi connectivity index (χ1) is 8.00. The van der Waals surface area contributed by atoms with Crippen LogP contribution in [0.3, 0.4) is 0 Å². The zero-order valence-electron chi connectivity index (χ0n) is 10.5. The maximum Gasteiger partial charge on any atom is 0.258 e. The highest BCUT2D eigenvalue weighted by atomic mass is 35.5. The number of aryl methyl sites for hydroxylation is 1. The zero-order valence-corrected chi connectivity index (χ0v) is 12.1. The fourth-order valence-corrected chi connectivity index (χ4v) is 3.50. The second kappa shape index (κ2) is 6.01. The van der Waals surface area contributed by atoms with Crippen molar-refractivity contribution >= 4 is 22.4 Å². The zero-order chi connectivity index (χ0) is 12.5. The number of hydrogen-bond acceptors (Lipinski definition) is 4. The lowest BCUT2D eigenvalue weighted by Gasteiger charge is -2.29. The first-order valence-corrected chi connectivity index (χ1v) is 7.20. The Labute approximate surface area is 114 Å². The third kappa shape index (κ3) is 3.23. The summed E-state index contributed by atoms with van der Waals surface area (Å²) in [6.45, 7) is 3.70. The molecule has 0 radical (unpaired) electrons. The van der Waals surface area contributed by atoms with Crippen LogP contribution in [0.15, 0.2) is 17.3 Å². The Morgan fingerprint density at radius 3 is 2.83 bits per heavy atom. The summed E-state index contributed by atoms with van der Waals surface area (Å²) in [5.41, 5.74) is 0. The van der Waals surface area contributed by atoms with E-state index in [0.717, 1.165) is 13.0 Å². The number of sulfonamides is 1. The minimum absolute atomic E-state index is 0. The van der Waals surface area contributed by atoms with Crippen LogP contribution in [-0.2, 0) is 17.1 Å². The van der Waals surface area contributed by atoms with Gasteiger partial charge in [0.1, 0.15) is 0 Å². The standard InChI is InChI=1S/C10H18N4O2S.ClH/c1-8-3-5-11-7-9(8)13-17(15,16)10-4-6-12-14(10)2;/h4,6,8-9,11,13H,3,5,7H2,1-2H3;1H. The molecule has 0 amide bonds. The molecule has 2 atom stereocenters. The second-order valence-electron chi connectivity index (χ2n) is 4.49. The largest absolute Gasteiger partial charge is 0.315 e. The first-order valence-electron chi connectivity index (χ1n) is 5.72. The molecule has 1 saturated heterocycles. The van der Waals surface area contributed by atoms with E-state index in [-0.39, 0.29) is 23.5 Å². The molecule has 0 aliphatic carbocycles. The van der Waals surface area contributed by atoms with Gasteiger partial charge in [0.25, 0.3) is 10.0 Å². The van der Waals surface area contributed by atoms with Crippen molar-refractivity contribution in [3.63, 3.8) is 0 Å². The van der Waals surface area contributed by atoms with E-state index in [0.29, 0.717) is 12.5 Å². The van der Waals surface area contributed by atoms with Gasteiger partial charge in [0.15, 0.2) is 5.03 Å². The molecule has 0 bridgehead atoms. The summed E-state index contributed by atoms with van der Waals surface area (Å²) >= 11 is 0. The lowest BCUT2D eigenvalue weighted by Crippen LogP contribution is -2.50. The van der Waals surface area contributed by atoms with Crippen LogP contribution in [0.25, 0.3) is 0 Å². The van der Waals surface area contributed by atoms with Gasteiger partial charge in [-0.05, 0) is 24.9 Å². The van der Waals surface area contributed by atoms with Gasteiger partial charge in [0.2, 0.25) is 0 Å². The number of hydrogen-bond donors (Lipinski definition) is 2. The van der Waals surface area contributed by atoms with E-state index in [4.69, 9.17) is 0 Å². The van der Waals surface area contributed by atoms with Gasteiger partial charge >= 0.3 is 0 Å². The maximum atomic E-state index is 12.1. The number of halogens is 1. The molecule has 2 unspecified atom stereocenters. The third-order valence-electron chi connectivity index (χ3n) is 3.19. The monoisotopic (exact) mass is 294 g/mol. The highest BCUT2D eigenvalue weighted by Crippen LogP contribution is 2.15. The number of nitrogens with zero attached hydrogens (tertiary/aromatic N) is 2. The van der Waals surface area contributed by atoms with Crippen molar-refractivity contribution in [2.24, 2.45) is 13.0 Å². The Morgan fingerprint density at radius 2 is 2.28 bits per heavy atom. The van der Waals surface area contributed by atoms with E-state index in [2.05, 4.69) is 22.1 Å². The van der Waals surface area contributed by atoms with Crippen molar-refractivity contribution < 1.29 is 8.42 Å². The van der Waals surface area contributed by atoms with Crippen LogP contribution in [0.2, 0.25) is 0 Å². The molecule has 2 N–H and O–H groups in total. The lowest BCUT2D eigenvalue weighted by atomic mass is 9.96. The van der Waals surface area contributed by atoms with Crippen LogP contribution >= 0.6 is 12.4 Å². The summed E-state index contributed by atoms with van der Waals surface area (Å²) < 4.78 is 28.4. The van der Waals surface area contributed by atoms with Crippen molar-refractivity contribution in [2.45, 2.75) is 24.4 Å². The molecule has 8 heteroatoms. The van der Waals surface area contributed by atoms with Crippen LogP contribution in [0.5, 0.6) is 0 Å². The summed E-state index contributed by atoms with van der Waals surface area (Å²) in [5, 5.41) is 7.28. The molecular weight excluding hydrogens is 276 g/mol. The lowest BCUT2D eigenvalue weighted by molar-refractivity contribution is 0.326. The molecule has 1 fully saturated rings. The van der Waals surface area contributed by atoms with Gasteiger partial charge < -0.3 is 5.32 Å². The highest BCUT2D eigenvalue weighted by Gasteiger charge is 2.27. The van der Waals surface area contributed by atoms with Crippen LogP contribution < -0.4 is 10.0 Å². The smallest absolute Gasteiger partial charge is 0.258 e. The first kappa shape index (κ1) is 15.4. The predicted molar refractivity (Wildman–Crippen MR) is 71.2 cm³/mol. The fourth-order valence-electron chi connectivity index (χ4n) is 2.03. The summed E-state index contributed by atoms with van der Waals surface area (Å²) in [7, 11) is -1.85. The Balaban J connectivity index is 0.00000162. The molecule has 0 aromatic carbocycles. The van der Waals surface area contributed by atoms with Crippen molar-refractivity contribution in [1.29, 1.82) is 0 Å². The normalized spacial score (nSPS) is 24.6. The SMILES string of the molecule is CC1CCNCC1NS(=O)(=O)c1ccnn1C.Cl. The minimum atomic E-state index is -3.47. The highest BCUT2D eigenvalue weighted by molar-refractivity contribution is 7.89. The van der Waals surface area contributed by atoms with Crippen molar-refractivity contribution in [3.8, 4) is 0 Å². The maximum absolute atomic E-state index is 12.1. The molecule has 1 aromatic heterocycles. The number of aromatic nitrogens is 2. The van der Waals surface area contributed by atoms with E-state index in [1.54, 1.807) is 7.05 Å². The van der Waals surface area contributed by atoms with E-state index < -0.39 is 10.0 Å². The van der Waals surface area contributed by atoms with Gasteiger partial charge in [-0.3, -0.25) is 4.68 Å². The van der Waals surface area contributed by atoms with Gasteiger partial charge in [-0.15, -0.1) is 12.4 Å². The van der Waals surface area contributed by atoms with Crippen LogP contribution in [0.4, 0.5) is 0 Å². The van der Waals surface area contributed by atoms with Crippen molar-refractivity contribution in [3.05, 3.63) is 12.3 Å². The minimum Gasteiger partial charge on any atom is -0.315 e. The Hall–Kier alpha value is -0.630. The quantitative estimate of drug-likeness (QED) is 0.830. The molecule has 2 rings (SSSR count). The topological polar surface area (TPSA) is 76.0 Å². The van der Waals surface area contributed by atoms with E-state index in [9.17, 15) is 8.42 Å². The summed E-state index contributed by atoms with van der Waals surface area (Å²) in [5.74, 6) is 0.347. The molecule has 18 heavy (non-hydrogen) atoms. The van der Waals surface area contributed by atoms with Gasteiger partial charge in [0.05, 0.1) is 6.20 Å². The average Bonchev–Trinajstić information content (AvgIpc) is 2.68. The molecule has 104 valence electrons. The Kier molecular flexibility index (Phi) is 5.15. The molecule has 1 aliphatic rings. The van der Waals surface area contributed by atoms with Crippen LogP contribution in [0.1, 0.15) is 13.3 Å². The van der Waals surface area contributed by atoms with E-state index in [1.165, 1.54) is 16.9 Å². The number of piperidine rings is 1. The number of nitrogens with one attached hydrogen (secondary N) is 2. The predicted octanol–water partition coefficient (Wildman–Crippen LogP) is 0.118. The van der Waals surface area contributed by atoms with Gasteiger partial charge in [-0.2, -0.15) is 5.10 Å². The summed E-state index contributed by atoms with van der Waals surface area (Å²) in [6.07, 6.45) is 2.47. The molecular formula is C10H19ClN4O2S. The molecule has 1 aliphatic heterocycles. The van der Waals surface area contributed by atoms with E-state index >= 15 is 0 Å². The van der Waals surface area contributed by atoms with Crippen LogP contribution in [-0.4, -0.2) is 37.3 Å². The van der Waals surface area contributed by atoms with E-state index in [1.807, 2.05) is 0 Å².